The minimum absolute atomic E-state index is 0.281. The molecule has 0 radical (unpaired) electrons. The van der Waals surface area contributed by atoms with E-state index >= 15 is 0 Å². The number of nitrogens with zero attached hydrogens (tertiary/aromatic N) is 3. The minimum atomic E-state index is -0.281. The number of hydrazone groups is 1. The topological polar surface area (TPSA) is 57.6 Å². The molecular formula is C22H22N4O. The van der Waals surface area contributed by atoms with Gasteiger partial charge in [0, 0.05) is 31.2 Å². The molecule has 0 unspecified atom stereocenters. The Bertz CT molecular complexity index is 877. The molecule has 5 nitrogen and oxygen atoms in total. The first-order chi connectivity index (χ1) is 13.3. The summed E-state index contributed by atoms with van der Waals surface area (Å²) < 4.78 is 0. The lowest BCUT2D eigenvalue weighted by molar-refractivity contribution is 0.0955. The van der Waals surface area contributed by atoms with E-state index in [4.69, 9.17) is 0 Å². The van der Waals surface area contributed by atoms with Crippen molar-refractivity contribution >= 4 is 17.8 Å². The quantitative estimate of drug-likeness (QED) is 0.515. The molecule has 2 aromatic carbocycles. The first kappa shape index (κ1) is 18.3. The molecule has 3 aromatic rings. The molecule has 5 heteroatoms. The fraction of sp³-hybridized carbons (Fsp3) is 0.136. The van der Waals surface area contributed by atoms with Crippen molar-refractivity contribution in [3.05, 3.63) is 95.8 Å². The van der Waals surface area contributed by atoms with E-state index in [-0.39, 0.29) is 5.91 Å². The van der Waals surface area contributed by atoms with Crippen LogP contribution in [0.15, 0.2) is 84.2 Å². The summed E-state index contributed by atoms with van der Waals surface area (Å²) >= 11 is 0. The number of carbonyl (C=O) groups is 1. The molecule has 1 aromatic heterocycles. The predicted octanol–water partition coefficient (Wildman–Crippen LogP) is 3.87. The van der Waals surface area contributed by atoms with Crippen LogP contribution in [0.2, 0.25) is 0 Å². The van der Waals surface area contributed by atoms with Crippen molar-refractivity contribution < 1.29 is 4.79 Å². The molecule has 0 fully saturated rings. The first-order valence-electron chi connectivity index (χ1n) is 8.88. The Balaban J connectivity index is 1.60. The second-order valence-corrected chi connectivity index (χ2v) is 6.03. The average Bonchev–Trinajstić information content (AvgIpc) is 2.74. The standard InChI is InChI=1S/C22H22N4O/c1-2-26(17-19-7-4-3-5-8-19)21-12-10-18(11-13-21)15-24-25-22(27)20-9-6-14-23-16-20/h3-16H,2,17H2,1H3,(H,25,27). The van der Waals surface area contributed by atoms with Crippen LogP contribution < -0.4 is 10.3 Å². The van der Waals surface area contributed by atoms with Crippen LogP contribution in [0.25, 0.3) is 0 Å². The Morgan fingerprint density at radius 3 is 2.52 bits per heavy atom. The Labute approximate surface area is 159 Å². The van der Waals surface area contributed by atoms with Crippen molar-refractivity contribution in [2.45, 2.75) is 13.5 Å². The van der Waals surface area contributed by atoms with Gasteiger partial charge in [0.25, 0.3) is 5.91 Å². The number of hydrogen-bond acceptors (Lipinski definition) is 4. The highest BCUT2D eigenvalue weighted by Gasteiger charge is 2.05. The van der Waals surface area contributed by atoms with E-state index < -0.39 is 0 Å². The Morgan fingerprint density at radius 2 is 1.85 bits per heavy atom. The third-order valence-corrected chi connectivity index (χ3v) is 4.16. The number of nitrogens with one attached hydrogen (secondary N) is 1. The number of aromatic nitrogens is 1. The lowest BCUT2D eigenvalue weighted by Crippen LogP contribution is -2.21. The highest BCUT2D eigenvalue weighted by molar-refractivity contribution is 5.94. The van der Waals surface area contributed by atoms with E-state index in [0.29, 0.717) is 5.56 Å². The fourth-order valence-electron chi connectivity index (χ4n) is 2.69. The number of pyridine rings is 1. The second kappa shape index (κ2) is 9.29. The van der Waals surface area contributed by atoms with Crippen LogP contribution in [-0.4, -0.2) is 23.7 Å². The zero-order chi connectivity index (χ0) is 18.9. The van der Waals surface area contributed by atoms with Crippen LogP contribution in [-0.2, 0) is 6.54 Å². The van der Waals surface area contributed by atoms with Crippen molar-refractivity contribution in [1.82, 2.24) is 10.4 Å². The largest absolute Gasteiger partial charge is 0.367 e. The molecule has 1 amide bonds. The zero-order valence-electron chi connectivity index (χ0n) is 15.2. The summed E-state index contributed by atoms with van der Waals surface area (Å²) in [5.41, 5.74) is 6.33. The average molecular weight is 358 g/mol. The van der Waals surface area contributed by atoms with Gasteiger partial charge in [0.1, 0.15) is 0 Å². The molecule has 0 saturated heterocycles. The van der Waals surface area contributed by atoms with Crippen molar-refractivity contribution in [3.63, 3.8) is 0 Å². The summed E-state index contributed by atoms with van der Waals surface area (Å²) in [6, 6.07) is 21.9. The lowest BCUT2D eigenvalue weighted by Gasteiger charge is -2.23. The molecule has 1 N–H and O–H groups in total. The highest BCUT2D eigenvalue weighted by Crippen LogP contribution is 2.17. The molecule has 0 atom stereocenters. The Kier molecular flexibility index (Phi) is 6.30. The number of benzene rings is 2. The maximum absolute atomic E-state index is 11.9. The van der Waals surface area contributed by atoms with Gasteiger partial charge in [0.05, 0.1) is 11.8 Å². The smallest absolute Gasteiger partial charge is 0.272 e. The van der Waals surface area contributed by atoms with Gasteiger partial charge in [0.2, 0.25) is 0 Å². The zero-order valence-corrected chi connectivity index (χ0v) is 15.2. The van der Waals surface area contributed by atoms with E-state index in [2.05, 4.69) is 63.7 Å². The van der Waals surface area contributed by atoms with Crippen LogP contribution in [0.4, 0.5) is 5.69 Å². The Hall–Kier alpha value is -3.47. The van der Waals surface area contributed by atoms with Crippen LogP contribution in [0, 0.1) is 0 Å². The molecule has 27 heavy (non-hydrogen) atoms. The summed E-state index contributed by atoms with van der Waals surface area (Å²) in [5.74, 6) is -0.281. The molecule has 0 saturated carbocycles. The summed E-state index contributed by atoms with van der Waals surface area (Å²) in [6.07, 6.45) is 4.76. The van der Waals surface area contributed by atoms with Gasteiger partial charge in [-0.3, -0.25) is 9.78 Å². The van der Waals surface area contributed by atoms with Gasteiger partial charge in [-0.15, -0.1) is 0 Å². The molecule has 1 heterocycles. The number of hydrogen-bond donors (Lipinski definition) is 1. The van der Waals surface area contributed by atoms with Crippen molar-refractivity contribution in [2.75, 3.05) is 11.4 Å². The third kappa shape index (κ3) is 5.25. The molecule has 0 aliphatic heterocycles. The number of rotatable bonds is 7. The summed E-state index contributed by atoms with van der Waals surface area (Å²) in [4.78, 5) is 18.1. The maximum Gasteiger partial charge on any atom is 0.272 e. The Morgan fingerprint density at radius 1 is 1.07 bits per heavy atom. The van der Waals surface area contributed by atoms with Crippen LogP contribution in [0.1, 0.15) is 28.4 Å². The normalized spacial score (nSPS) is 10.7. The van der Waals surface area contributed by atoms with Crippen molar-refractivity contribution in [2.24, 2.45) is 5.10 Å². The molecule has 136 valence electrons. The summed E-state index contributed by atoms with van der Waals surface area (Å²) in [6.45, 7) is 3.93. The van der Waals surface area contributed by atoms with Crippen LogP contribution in [0.3, 0.4) is 0 Å². The van der Waals surface area contributed by atoms with Crippen LogP contribution >= 0.6 is 0 Å². The van der Waals surface area contributed by atoms with Gasteiger partial charge in [-0.2, -0.15) is 5.10 Å². The molecular weight excluding hydrogens is 336 g/mol. The predicted molar refractivity (Wildman–Crippen MR) is 109 cm³/mol. The maximum atomic E-state index is 11.9. The van der Waals surface area contributed by atoms with Gasteiger partial charge < -0.3 is 4.90 Å². The monoisotopic (exact) mass is 358 g/mol. The van der Waals surface area contributed by atoms with Gasteiger partial charge >= 0.3 is 0 Å². The van der Waals surface area contributed by atoms with Gasteiger partial charge in [0.15, 0.2) is 0 Å². The number of amides is 1. The lowest BCUT2D eigenvalue weighted by atomic mass is 10.1. The molecule has 0 bridgehead atoms. The van der Waals surface area contributed by atoms with Gasteiger partial charge in [-0.1, -0.05) is 42.5 Å². The first-order valence-corrected chi connectivity index (χ1v) is 8.88. The molecule has 0 aliphatic rings. The van der Waals surface area contributed by atoms with E-state index in [1.54, 1.807) is 24.5 Å². The molecule has 0 spiro atoms. The van der Waals surface area contributed by atoms with Crippen molar-refractivity contribution in [1.29, 1.82) is 0 Å². The van der Waals surface area contributed by atoms with E-state index in [0.717, 1.165) is 24.3 Å². The molecule has 3 rings (SSSR count). The van der Waals surface area contributed by atoms with Gasteiger partial charge in [-0.05, 0) is 42.3 Å². The van der Waals surface area contributed by atoms with E-state index in [1.807, 2.05) is 18.2 Å². The summed E-state index contributed by atoms with van der Waals surface area (Å²) in [5, 5.41) is 4.01. The fourth-order valence-corrected chi connectivity index (χ4v) is 2.69. The van der Waals surface area contributed by atoms with E-state index in [1.165, 1.54) is 11.8 Å². The second-order valence-electron chi connectivity index (χ2n) is 6.03. The van der Waals surface area contributed by atoms with Crippen LogP contribution in [0.5, 0.6) is 0 Å². The SMILES string of the molecule is CCN(Cc1ccccc1)c1ccc(C=NNC(=O)c2cccnc2)cc1. The van der Waals surface area contributed by atoms with E-state index in [9.17, 15) is 4.79 Å². The molecule has 0 aliphatic carbocycles. The third-order valence-electron chi connectivity index (χ3n) is 4.16. The minimum Gasteiger partial charge on any atom is -0.367 e. The summed E-state index contributed by atoms with van der Waals surface area (Å²) in [7, 11) is 0. The van der Waals surface area contributed by atoms with Crippen molar-refractivity contribution in [3.8, 4) is 0 Å². The van der Waals surface area contributed by atoms with Gasteiger partial charge in [-0.25, -0.2) is 5.43 Å². The number of carbonyl (C=O) groups excluding carboxylic acids is 1. The number of anilines is 1. The highest BCUT2D eigenvalue weighted by atomic mass is 16.2.